The summed E-state index contributed by atoms with van der Waals surface area (Å²) in [4.78, 5) is 18.5. The van der Waals surface area contributed by atoms with Crippen molar-refractivity contribution in [2.45, 2.75) is 59.8 Å². The number of ketones is 1. The molecule has 1 N–H and O–H groups in total. The van der Waals surface area contributed by atoms with Gasteiger partial charge in [-0.2, -0.15) is 0 Å². The first-order valence-electron chi connectivity index (χ1n) is 8.42. The fourth-order valence-electron chi connectivity index (χ4n) is 3.44. The Balaban J connectivity index is 2.04. The molecular formula is C18H30N2O. The Morgan fingerprint density at radius 3 is 2.43 bits per heavy atom. The third kappa shape index (κ3) is 4.19. The van der Waals surface area contributed by atoms with Gasteiger partial charge >= 0.3 is 0 Å². The molecule has 0 saturated carbocycles. The minimum atomic E-state index is 0.318. The Hall–Kier alpha value is -1.09. The summed E-state index contributed by atoms with van der Waals surface area (Å²) in [6.07, 6.45) is 5.56. The van der Waals surface area contributed by atoms with Crippen molar-refractivity contribution >= 4 is 5.78 Å². The average molecular weight is 290 g/mol. The highest BCUT2D eigenvalue weighted by molar-refractivity contribution is 5.99. The zero-order chi connectivity index (χ0) is 15.4. The van der Waals surface area contributed by atoms with Crippen molar-refractivity contribution in [2.75, 3.05) is 19.6 Å². The molecule has 21 heavy (non-hydrogen) atoms. The van der Waals surface area contributed by atoms with Gasteiger partial charge in [0, 0.05) is 29.9 Å². The molecule has 118 valence electrons. The van der Waals surface area contributed by atoms with E-state index in [1.165, 1.54) is 30.5 Å². The van der Waals surface area contributed by atoms with Crippen LogP contribution >= 0.6 is 0 Å². The van der Waals surface area contributed by atoms with Gasteiger partial charge in [0.05, 0.1) is 0 Å². The molecular weight excluding hydrogens is 260 g/mol. The van der Waals surface area contributed by atoms with Crippen molar-refractivity contribution in [1.82, 2.24) is 9.88 Å². The molecule has 1 aromatic heterocycles. The standard InChI is InChI=1S/C18H30N2O/c1-13(2)12-16-14(3)19-15(4)18(16)17(21)8-11-20-9-6-5-7-10-20/h13,19H,5-12H2,1-4H3. The summed E-state index contributed by atoms with van der Waals surface area (Å²) in [7, 11) is 0. The molecule has 0 amide bonds. The maximum atomic E-state index is 12.7. The van der Waals surface area contributed by atoms with Gasteiger partial charge in [-0.25, -0.2) is 0 Å². The molecule has 0 aromatic carbocycles. The van der Waals surface area contributed by atoms with E-state index < -0.39 is 0 Å². The fraction of sp³-hybridized carbons (Fsp3) is 0.722. The monoisotopic (exact) mass is 290 g/mol. The van der Waals surface area contributed by atoms with Crippen LogP contribution in [0.3, 0.4) is 0 Å². The summed E-state index contributed by atoms with van der Waals surface area (Å²) >= 11 is 0. The van der Waals surface area contributed by atoms with Crippen LogP contribution in [-0.4, -0.2) is 35.3 Å². The van der Waals surface area contributed by atoms with Crippen molar-refractivity contribution in [3.8, 4) is 0 Å². The number of H-pyrrole nitrogens is 1. The number of rotatable bonds is 6. The van der Waals surface area contributed by atoms with E-state index in [1.54, 1.807) is 0 Å². The molecule has 1 aromatic rings. The van der Waals surface area contributed by atoms with E-state index in [9.17, 15) is 4.79 Å². The quantitative estimate of drug-likeness (QED) is 0.807. The number of Topliss-reactive ketones (excluding diaryl/α,β-unsaturated/α-hetero) is 1. The number of piperidine rings is 1. The number of nitrogens with zero attached hydrogens (tertiary/aromatic N) is 1. The van der Waals surface area contributed by atoms with Gasteiger partial charge in [0.25, 0.3) is 0 Å². The molecule has 3 heteroatoms. The van der Waals surface area contributed by atoms with Crippen molar-refractivity contribution in [3.63, 3.8) is 0 Å². The third-order valence-corrected chi connectivity index (χ3v) is 4.50. The van der Waals surface area contributed by atoms with Gasteiger partial charge in [0.2, 0.25) is 0 Å². The van der Waals surface area contributed by atoms with Gasteiger partial charge < -0.3 is 9.88 Å². The number of nitrogens with one attached hydrogen (secondary N) is 1. The van der Waals surface area contributed by atoms with Gasteiger partial charge in [-0.15, -0.1) is 0 Å². The highest BCUT2D eigenvalue weighted by Gasteiger charge is 2.20. The third-order valence-electron chi connectivity index (χ3n) is 4.50. The van der Waals surface area contributed by atoms with Crippen LogP contribution in [0.1, 0.15) is 66.8 Å². The Labute approximate surface area is 129 Å². The molecule has 1 aliphatic rings. The predicted molar refractivity (Wildman–Crippen MR) is 88.0 cm³/mol. The van der Waals surface area contributed by atoms with Gasteiger partial charge in [-0.05, 0) is 57.7 Å². The predicted octanol–water partition coefficient (Wildman–Crippen LogP) is 3.89. The zero-order valence-electron chi connectivity index (χ0n) is 14.1. The van der Waals surface area contributed by atoms with Crippen molar-refractivity contribution in [2.24, 2.45) is 5.92 Å². The van der Waals surface area contributed by atoms with Crippen LogP contribution < -0.4 is 0 Å². The molecule has 1 saturated heterocycles. The maximum Gasteiger partial charge on any atom is 0.166 e. The number of hydrogen-bond acceptors (Lipinski definition) is 2. The fourth-order valence-corrected chi connectivity index (χ4v) is 3.44. The zero-order valence-corrected chi connectivity index (χ0v) is 14.1. The summed E-state index contributed by atoms with van der Waals surface area (Å²) in [6.45, 7) is 11.8. The molecule has 0 spiro atoms. The number of hydrogen-bond donors (Lipinski definition) is 1. The van der Waals surface area contributed by atoms with E-state index in [1.807, 2.05) is 6.92 Å². The summed E-state index contributed by atoms with van der Waals surface area (Å²) in [5.41, 5.74) is 4.43. The topological polar surface area (TPSA) is 36.1 Å². The number of aryl methyl sites for hydroxylation is 2. The summed E-state index contributed by atoms with van der Waals surface area (Å²) in [6, 6.07) is 0. The number of carbonyl (C=O) groups excluding carboxylic acids is 1. The molecule has 0 unspecified atom stereocenters. The highest BCUT2D eigenvalue weighted by Crippen LogP contribution is 2.23. The Morgan fingerprint density at radius 2 is 1.81 bits per heavy atom. The summed E-state index contributed by atoms with van der Waals surface area (Å²) in [5.74, 6) is 0.894. The molecule has 2 rings (SSSR count). The van der Waals surface area contributed by atoms with Gasteiger partial charge in [-0.1, -0.05) is 20.3 Å². The number of likely N-dealkylation sites (tertiary alicyclic amines) is 1. The first-order chi connectivity index (χ1) is 9.99. The van der Waals surface area contributed by atoms with Gasteiger partial charge in [0.15, 0.2) is 5.78 Å². The van der Waals surface area contributed by atoms with E-state index in [0.717, 1.165) is 37.3 Å². The van der Waals surface area contributed by atoms with E-state index in [-0.39, 0.29) is 0 Å². The minimum absolute atomic E-state index is 0.318. The lowest BCUT2D eigenvalue weighted by Gasteiger charge is -2.26. The second-order valence-corrected chi connectivity index (χ2v) is 6.90. The molecule has 3 nitrogen and oxygen atoms in total. The Kier molecular flexibility index (Phi) is 5.63. The van der Waals surface area contributed by atoms with Crippen LogP contribution in [0.2, 0.25) is 0 Å². The Bertz CT molecular complexity index is 482. The molecule has 0 atom stereocenters. The highest BCUT2D eigenvalue weighted by atomic mass is 16.1. The van der Waals surface area contributed by atoms with Crippen LogP contribution in [0.25, 0.3) is 0 Å². The molecule has 2 heterocycles. The lowest BCUT2D eigenvalue weighted by molar-refractivity contribution is 0.0957. The van der Waals surface area contributed by atoms with E-state index in [2.05, 4.69) is 30.7 Å². The van der Waals surface area contributed by atoms with Crippen LogP contribution in [-0.2, 0) is 6.42 Å². The van der Waals surface area contributed by atoms with Crippen molar-refractivity contribution in [1.29, 1.82) is 0 Å². The van der Waals surface area contributed by atoms with Crippen LogP contribution in [0.4, 0.5) is 0 Å². The van der Waals surface area contributed by atoms with Gasteiger partial charge in [0.1, 0.15) is 0 Å². The summed E-state index contributed by atoms with van der Waals surface area (Å²) in [5, 5.41) is 0. The Morgan fingerprint density at radius 1 is 1.14 bits per heavy atom. The largest absolute Gasteiger partial charge is 0.362 e. The summed E-state index contributed by atoms with van der Waals surface area (Å²) < 4.78 is 0. The second kappa shape index (κ2) is 7.26. The normalized spacial score (nSPS) is 16.6. The van der Waals surface area contributed by atoms with Crippen LogP contribution in [0, 0.1) is 19.8 Å². The lowest BCUT2D eigenvalue weighted by atomic mass is 9.95. The minimum Gasteiger partial charge on any atom is -0.362 e. The molecule has 1 aliphatic heterocycles. The second-order valence-electron chi connectivity index (χ2n) is 6.90. The van der Waals surface area contributed by atoms with E-state index >= 15 is 0 Å². The lowest BCUT2D eigenvalue weighted by Crippen LogP contribution is -2.31. The van der Waals surface area contributed by atoms with Crippen molar-refractivity contribution in [3.05, 3.63) is 22.5 Å². The first-order valence-corrected chi connectivity index (χ1v) is 8.42. The van der Waals surface area contributed by atoms with Crippen LogP contribution in [0.5, 0.6) is 0 Å². The maximum absolute atomic E-state index is 12.7. The van der Waals surface area contributed by atoms with Gasteiger partial charge in [-0.3, -0.25) is 4.79 Å². The number of aromatic amines is 1. The molecule has 0 radical (unpaired) electrons. The SMILES string of the molecule is Cc1[nH]c(C)c(C(=O)CCN2CCCCC2)c1CC(C)C. The number of aromatic nitrogens is 1. The van der Waals surface area contributed by atoms with Crippen LogP contribution in [0.15, 0.2) is 0 Å². The first kappa shape index (κ1) is 16.3. The molecule has 0 bridgehead atoms. The smallest absolute Gasteiger partial charge is 0.166 e. The molecule has 1 fully saturated rings. The van der Waals surface area contributed by atoms with E-state index in [0.29, 0.717) is 18.1 Å². The molecule has 0 aliphatic carbocycles. The number of carbonyl (C=O) groups is 1. The van der Waals surface area contributed by atoms with Crippen molar-refractivity contribution < 1.29 is 4.79 Å². The average Bonchev–Trinajstić information content (AvgIpc) is 2.71. The van der Waals surface area contributed by atoms with E-state index in [4.69, 9.17) is 0 Å².